The van der Waals surface area contributed by atoms with Crippen molar-refractivity contribution in [1.82, 2.24) is 19.4 Å². The molecule has 3 N–H and O–H groups in total. The second-order valence-corrected chi connectivity index (χ2v) is 7.17. The number of hydrogen-bond acceptors (Lipinski definition) is 4. The minimum Gasteiger partial charge on any atom is -0.507 e. The molecule has 0 spiro atoms. The number of phenols is 1. The monoisotopic (exact) mass is 407 g/mol. The summed E-state index contributed by atoms with van der Waals surface area (Å²) in [6, 6.07) is 8.03. The van der Waals surface area contributed by atoms with E-state index < -0.39 is 5.91 Å². The molecule has 0 radical (unpaired) electrons. The average Bonchev–Trinajstić information content (AvgIpc) is 3.27. The van der Waals surface area contributed by atoms with Crippen molar-refractivity contribution in [2.75, 3.05) is 19.0 Å². The van der Waals surface area contributed by atoms with E-state index in [2.05, 4.69) is 10.3 Å². The lowest BCUT2D eigenvalue weighted by Crippen LogP contribution is -2.30. The maximum atomic E-state index is 13.1. The molecule has 0 fully saturated rings. The molecule has 0 atom stereocenters. The number of amides is 2. The van der Waals surface area contributed by atoms with Crippen molar-refractivity contribution in [2.45, 2.75) is 0 Å². The summed E-state index contributed by atoms with van der Waals surface area (Å²) in [5.74, 6) is -0.306. The van der Waals surface area contributed by atoms with Gasteiger partial charge < -0.3 is 24.5 Å². The highest BCUT2D eigenvalue weighted by Crippen LogP contribution is 2.33. The Morgan fingerprint density at radius 2 is 1.83 bits per heavy atom. The van der Waals surface area contributed by atoms with E-state index in [0.29, 0.717) is 33.2 Å². The largest absolute Gasteiger partial charge is 0.507 e. The highest BCUT2D eigenvalue weighted by molar-refractivity contribution is 6.08. The fourth-order valence-corrected chi connectivity index (χ4v) is 3.67. The summed E-state index contributed by atoms with van der Waals surface area (Å²) in [7, 11) is 6.63. The van der Waals surface area contributed by atoms with Gasteiger partial charge in [0.1, 0.15) is 17.3 Å². The number of aromatic hydroxyl groups is 1. The third-order valence-corrected chi connectivity index (χ3v) is 5.38. The standard InChI is InChI=1S/C21H21N5O4/c1-22-19(28)11-7-16-13(17(27)8-11)9-18(25(16)3)26(4)21(30)14-10-15-12(20(29)23-14)5-6-24(15)2/h5-10,27H,1-4H3,(H,22,28)(H,23,29). The molecule has 0 aliphatic heterocycles. The van der Waals surface area contributed by atoms with Gasteiger partial charge in [-0.2, -0.15) is 0 Å². The van der Waals surface area contributed by atoms with Crippen molar-refractivity contribution in [2.24, 2.45) is 14.1 Å². The Morgan fingerprint density at radius 3 is 2.53 bits per heavy atom. The number of nitrogens with zero attached hydrogens (tertiary/aromatic N) is 3. The third-order valence-electron chi connectivity index (χ3n) is 5.38. The van der Waals surface area contributed by atoms with Crippen LogP contribution in [0.1, 0.15) is 20.8 Å². The molecule has 1 aromatic carbocycles. The maximum absolute atomic E-state index is 13.1. The van der Waals surface area contributed by atoms with Gasteiger partial charge in [0.2, 0.25) is 0 Å². The number of hydrogen-bond donors (Lipinski definition) is 3. The molecule has 30 heavy (non-hydrogen) atoms. The number of pyridine rings is 1. The smallest absolute Gasteiger partial charge is 0.275 e. The van der Waals surface area contributed by atoms with Gasteiger partial charge in [-0.15, -0.1) is 0 Å². The van der Waals surface area contributed by atoms with E-state index in [1.807, 2.05) is 0 Å². The van der Waals surface area contributed by atoms with E-state index in [1.54, 1.807) is 60.7 Å². The van der Waals surface area contributed by atoms with Crippen LogP contribution in [0.15, 0.2) is 41.3 Å². The van der Waals surface area contributed by atoms with E-state index in [-0.39, 0.29) is 22.9 Å². The number of nitrogens with one attached hydrogen (secondary N) is 2. The second-order valence-electron chi connectivity index (χ2n) is 7.17. The number of rotatable bonds is 3. The van der Waals surface area contributed by atoms with Gasteiger partial charge in [-0.3, -0.25) is 19.3 Å². The zero-order valence-corrected chi connectivity index (χ0v) is 17.0. The van der Waals surface area contributed by atoms with Crippen molar-refractivity contribution in [3.8, 4) is 5.75 Å². The fourth-order valence-electron chi connectivity index (χ4n) is 3.67. The van der Waals surface area contributed by atoms with E-state index in [0.717, 1.165) is 0 Å². The molecular formula is C21H21N5O4. The lowest BCUT2D eigenvalue weighted by molar-refractivity contribution is 0.0960. The minimum atomic E-state index is -0.410. The number of fused-ring (bicyclic) bond motifs is 2. The van der Waals surface area contributed by atoms with Crippen LogP contribution in [0.3, 0.4) is 0 Å². The lowest BCUT2D eigenvalue weighted by atomic mass is 10.1. The van der Waals surface area contributed by atoms with Gasteiger partial charge in [0, 0.05) is 45.3 Å². The summed E-state index contributed by atoms with van der Waals surface area (Å²) in [4.78, 5) is 41.5. The zero-order chi connectivity index (χ0) is 21.7. The Labute approximate surface area is 171 Å². The molecule has 2 amide bonds. The molecular weight excluding hydrogens is 386 g/mol. The number of carbonyl (C=O) groups is 2. The van der Waals surface area contributed by atoms with Crippen LogP contribution in [0.2, 0.25) is 0 Å². The summed E-state index contributed by atoms with van der Waals surface area (Å²) >= 11 is 0. The van der Waals surface area contributed by atoms with E-state index in [1.165, 1.54) is 18.0 Å². The Kier molecular flexibility index (Phi) is 4.38. The van der Waals surface area contributed by atoms with Crippen molar-refractivity contribution >= 4 is 39.4 Å². The zero-order valence-electron chi connectivity index (χ0n) is 17.0. The maximum Gasteiger partial charge on any atom is 0.275 e. The van der Waals surface area contributed by atoms with Crippen LogP contribution in [0.4, 0.5) is 5.82 Å². The molecule has 3 aromatic heterocycles. The molecule has 9 heteroatoms. The van der Waals surface area contributed by atoms with E-state index in [9.17, 15) is 19.5 Å². The molecule has 3 heterocycles. The highest BCUT2D eigenvalue weighted by atomic mass is 16.3. The van der Waals surface area contributed by atoms with E-state index >= 15 is 0 Å². The Balaban J connectivity index is 1.80. The number of phenolic OH excluding ortho intramolecular Hbond substituents is 1. The van der Waals surface area contributed by atoms with Crippen LogP contribution in [0.25, 0.3) is 21.8 Å². The molecule has 0 aliphatic rings. The van der Waals surface area contributed by atoms with Crippen LogP contribution < -0.4 is 15.8 Å². The number of aryl methyl sites for hydroxylation is 2. The van der Waals surface area contributed by atoms with Crippen LogP contribution >= 0.6 is 0 Å². The average molecular weight is 407 g/mol. The predicted octanol–water partition coefficient (Wildman–Crippen LogP) is 1.70. The number of anilines is 1. The molecule has 0 unspecified atom stereocenters. The first kappa shape index (κ1) is 19.3. The van der Waals surface area contributed by atoms with Gasteiger partial charge in [-0.25, -0.2) is 0 Å². The molecule has 0 saturated carbocycles. The van der Waals surface area contributed by atoms with Crippen molar-refractivity contribution < 1.29 is 14.7 Å². The van der Waals surface area contributed by atoms with Crippen LogP contribution in [0.5, 0.6) is 5.75 Å². The molecule has 4 rings (SSSR count). The van der Waals surface area contributed by atoms with Gasteiger partial charge in [0.05, 0.1) is 16.4 Å². The molecule has 4 aromatic rings. The number of carbonyl (C=O) groups excluding carboxylic acids is 2. The lowest BCUT2D eigenvalue weighted by Gasteiger charge is -2.18. The molecule has 154 valence electrons. The number of aromatic nitrogens is 3. The van der Waals surface area contributed by atoms with Gasteiger partial charge in [0.15, 0.2) is 0 Å². The van der Waals surface area contributed by atoms with Crippen LogP contribution in [0, 0.1) is 0 Å². The number of benzene rings is 1. The van der Waals surface area contributed by atoms with Crippen molar-refractivity contribution in [3.63, 3.8) is 0 Å². The number of aromatic amines is 1. The number of H-pyrrole nitrogens is 1. The summed E-state index contributed by atoms with van der Waals surface area (Å²) in [6.07, 6.45) is 1.76. The summed E-state index contributed by atoms with van der Waals surface area (Å²) in [5, 5.41) is 13.9. The molecule has 0 aliphatic carbocycles. The Hall–Kier alpha value is -4.01. The normalized spacial score (nSPS) is 11.2. The van der Waals surface area contributed by atoms with Crippen LogP contribution in [-0.4, -0.2) is 45.1 Å². The first-order valence-corrected chi connectivity index (χ1v) is 9.24. The highest BCUT2D eigenvalue weighted by Gasteiger charge is 2.22. The van der Waals surface area contributed by atoms with Gasteiger partial charge in [-0.05, 0) is 30.3 Å². The molecule has 0 saturated heterocycles. The quantitative estimate of drug-likeness (QED) is 0.480. The van der Waals surface area contributed by atoms with Crippen molar-refractivity contribution in [3.05, 3.63) is 58.1 Å². The van der Waals surface area contributed by atoms with Gasteiger partial charge in [0.25, 0.3) is 17.4 Å². The molecule has 0 bridgehead atoms. The van der Waals surface area contributed by atoms with Gasteiger partial charge in [-0.1, -0.05) is 0 Å². The van der Waals surface area contributed by atoms with Gasteiger partial charge >= 0.3 is 0 Å². The summed E-state index contributed by atoms with van der Waals surface area (Å²) in [5.41, 5.74) is 1.37. The second kappa shape index (κ2) is 6.80. The van der Waals surface area contributed by atoms with Crippen LogP contribution in [-0.2, 0) is 14.1 Å². The first-order valence-electron chi connectivity index (χ1n) is 9.24. The molecule has 9 nitrogen and oxygen atoms in total. The van der Waals surface area contributed by atoms with E-state index in [4.69, 9.17) is 0 Å². The first-order chi connectivity index (χ1) is 14.2. The summed E-state index contributed by atoms with van der Waals surface area (Å²) < 4.78 is 3.48. The fraction of sp³-hybridized carbons (Fsp3) is 0.190. The SMILES string of the molecule is CNC(=O)c1cc(O)c2cc(N(C)C(=O)c3cc4c(ccn4C)c(=O)[nH]3)n(C)c2c1. The summed E-state index contributed by atoms with van der Waals surface area (Å²) in [6.45, 7) is 0. The minimum absolute atomic E-state index is 0.0626. The predicted molar refractivity (Wildman–Crippen MR) is 114 cm³/mol. The Bertz CT molecular complexity index is 1390. The topological polar surface area (TPSA) is 112 Å². The van der Waals surface area contributed by atoms with Crippen molar-refractivity contribution in [1.29, 1.82) is 0 Å². The third kappa shape index (κ3) is 2.83. The Morgan fingerprint density at radius 1 is 1.10 bits per heavy atom.